The van der Waals surface area contributed by atoms with Gasteiger partial charge in [0.2, 0.25) is 0 Å². The Bertz CT molecular complexity index is 305. The molecule has 0 N–H and O–H groups in total. The Balaban J connectivity index is 2.07. The third kappa shape index (κ3) is 6.52. The van der Waals surface area contributed by atoms with Crippen LogP contribution < -0.4 is 0 Å². The van der Waals surface area contributed by atoms with Crippen molar-refractivity contribution < 1.29 is 4.79 Å². The molecule has 1 aromatic rings. The van der Waals surface area contributed by atoms with Crippen LogP contribution in [0.15, 0.2) is 29.2 Å². The first-order valence-corrected chi connectivity index (χ1v) is 7.53. The molecule has 0 bridgehead atoms. The van der Waals surface area contributed by atoms with Crippen molar-refractivity contribution in [3.63, 3.8) is 0 Å². The number of hydrogen-bond donors (Lipinski definition) is 0. The number of thioether (sulfide) groups is 1. The number of unbranched alkanes of at least 4 members (excludes halogenated alkanes) is 5. The second-order valence-corrected chi connectivity index (χ2v) is 5.47. The van der Waals surface area contributed by atoms with Crippen LogP contribution in [-0.4, -0.2) is 12.0 Å². The number of hydrogen-bond acceptors (Lipinski definition) is 2. The maximum absolute atomic E-state index is 10.5. The first kappa shape index (κ1) is 14.3. The molecule has 0 atom stereocenters. The summed E-state index contributed by atoms with van der Waals surface area (Å²) in [4.78, 5) is 11.8. The van der Waals surface area contributed by atoms with Crippen LogP contribution in [0.3, 0.4) is 0 Å². The van der Waals surface area contributed by atoms with Crippen LogP contribution in [-0.2, 0) is 0 Å². The van der Waals surface area contributed by atoms with Crippen LogP contribution in [0.5, 0.6) is 0 Å². The molecule has 0 amide bonds. The Morgan fingerprint density at radius 1 is 1.00 bits per heavy atom. The molecule has 0 aromatic heterocycles. The van der Waals surface area contributed by atoms with Gasteiger partial charge in [-0.15, -0.1) is 11.8 Å². The van der Waals surface area contributed by atoms with E-state index < -0.39 is 0 Å². The fourth-order valence-corrected chi connectivity index (χ4v) is 2.63. The molecular weight excluding hydrogens is 228 g/mol. The van der Waals surface area contributed by atoms with E-state index in [0.717, 1.165) is 11.8 Å². The smallest absolute Gasteiger partial charge is 0.150 e. The molecule has 0 heterocycles. The lowest BCUT2D eigenvalue weighted by atomic mass is 10.1. The van der Waals surface area contributed by atoms with Gasteiger partial charge in [-0.3, -0.25) is 4.79 Å². The van der Waals surface area contributed by atoms with Crippen LogP contribution in [0.2, 0.25) is 0 Å². The lowest BCUT2D eigenvalue weighted by molar-refractivity contribution is 0.112. The second-order valence-electron chi connectivity index (χ2n) is 4.30. The highest BCUT2D eigenvalue weighted by molar-refractivity contribution is 7.99. The minimum Gasteiger partial charge on any atom is -0.298 e. The molecule has 0 radical (unpaired) electrons. The van der Waals surface area contributed by atoms with Gasteiger partial charge in [0, 0.05) is 10.5 Å². The third-order valence-electron chi connectivity index (χ3n) is 2.78. The predicted molar refractivity (Wildman–Crippen MR) is 75.9 cm³/mol. The van der Waals surface area contributed by atoms with Crippen LogP contribution in [0, 0.1) is 0 Å². The zero-order chi connectivity index (χ0) is 12.3. The first-order valence-electron chi connectivity index (χ1n) is 6.55. The van der Waals surface area contributed by atoms with E-state index in [4.69, 9.17) is 0 Å². The molecule has 0 unspecified atom stereocenters. The van der Waals surface area contributed by atoms with Gasteiger partial charge in [0.25, 0.3) is 0 Å². The SMILES string of the molecule is CCCCCCCCSc1ccc(C=O)cc1. The highest BCUT2D eigenvalue weighted by atomic mass is 32.2. The summed E-state index contributed by atoms with van der Waals surface area (Å²) in [7, 11) is 0. The molecule has 1 rings (SSSR count). The largest absolute Gasteiger partial charge is 0.298 e. The Morgan fingerprint density at radius 2 is 1.65 bits per heavy atom. The molecule has 0 saturated heterocycles. The van der Waals surface area contributed by atoms with E-state index in [1.165, 1.54) is 49.2 Å². The van der Waals surface area contributed by atoms with E-state index in [1.807, 2.05) is 36.0 Å². The van der Waals surface area contributed by atoms with E-state index >= 15 is 0 Å². The van der Waals surface area contributed by atoms with Crippen molar-refractivity contribution in [1.29, 1.82) is 0 Å². The first-order chi connectivity index (χ1) is 8.36. The van der Waals surface area contributed by atoms with Gasteiger partial charge in [0.1, 0.15) is 6.29 Å². The van der Waals surface area contributed by atoms with E-state index in [-0.39, 0.29) is 0 Å². The Kier molecular flexibility index (Phi) is 7.81. The van der Waals surface area contributed by atoms with Crippen molar-refractivity contribution in [2.45, 2.75) is 50.3 Å². The number of benzene rings is 1. The van der Waals surface area contributed by atoms with Crippen molar-refractivity contribution in [3.05, 3.63) is 29.8 Å². The summed E-state index contributed by atoms with van der Waals surface area (Å²) in [6.07, 6.45) is 8.98. The molecule has 0 aliphatic heterocycles. The van der Waals surface area contributed by atoms with Gasteiger partial charge < -0.3 is 0 Å². The fourth-order valence-electron chi connectivity index (χ4n) is 1.72. The third-order valence-corrected chi connectivity index (χ3v) is 3.88. The normalized spacial score (nSPS) is 10.4. The van der Waals surface area contributed by atoms with Crippen molar-refractivity contribution in [2.24, 2.45) is 0 Å². The summed E-state index contributed by atoms with van der Waals surface area (Å²) in [5.41, 5.74) is 0.758. The van der Waals surface area contributed by atoms with Crippen molar-refractivity contribution in [3.8, 4) is 0 Å². The standard InChI is InChI=1S/C15H22OS/c1-2-3-4-5-6-7-12-17-15-10-8-14(13-16)9-11-15/h8-11,13H,2-7,12H2,1H3. The molecule has 1 nitrogen and oxygen atoms in total. The molecule has 2 heteroatoms. The summed E-state index contributed by atoms with van der Waals surface area (Å²) in [6.45, 7) is 2.25. The van der Waals surface area contributed by atoms with E-state index in [0.29, 0.717) is 0 Å². The van der Waals surface area contributed by atoms with Crippen LogP contribution >= 0.6 is 11.8 Å². The van der Waals surface area contributed by atoms with Crippen molar-refractivity contribution in [2.75, 3.05) is 5.75 Å². The number of carbonyl (C=O) groups excluding carboxylic acids is 1. The van der Waals surface area contributed by atoms with Gasteiger partial charge in [-0.1, -0.05) is 51.2 Å². The van der Waals surface area contributed by atoms with Gasteiger partial charge in [0.05, 0.1) is 0 Å². The molecule has 1 aromatic carbocycles. The predicted octanol–water partition coefficient (Wildman–Crippen LogP) is 4.95. The zero-order valence-corrected chi connectivity index (χ0v) is 11.5. The zero-order valence-electron chi connectivity index (χ0n) is 10.7. The summed E-state index contributed by atoms with van der Waals surface area (Å²) in [6, 6.07) is 7.84. The topological polar surface area (TPSA) is 17.1 Å². The minimum absolute atomic E-state index is 0.758. The molecule has 0 spiro atoms. The average Bonchev–Trinajstić information content (AvgIpc) is 2.38. The highest BCUT2D eigenvalue weighted by Gasteiger charge is 1.95. The lowest BCUT2D eigenvalue weighted by Gasteiger charge is -2.02. The monoisotopic (exact) mass is 250 g/mol. The van der Waals surface area contributed by atoms with Crippen LogP contribution in [0.4, 0.5) is 0 Å². The average molecular weight is 250 g/mol. The molecule has 0 saturated carbocycles. The van der Waals surface area contributed by atoms with Gasteiger partial charge in [-0.25, -0.2) is 0 Å². The summed E-state index contributed by atoms with van der Waals surface area (Å²) >= 11 is 1.89. The second kappa shape index (κ2) is 9.29. The van der Waals surface area contributed by atoms with Crippen molar-refractivity contribution in [1.82, 2.24) is 0 Å². The van der Waals surface area contributed by atoms with Gasteiger partial charge in [0.15, 0.2) is 0 Å². The molecule has 17 heavy (non-hydrogen) atoms. The number of aldehydes is 1. The van der Waals surface area contributed by atoms with Gasteiger partial charge >= 0.3 is 0 Å². The minimum atomic E-state index is 0.758. The lowest BCUT2D eigenvalue weighted by Crippen LogP contribution is -1.83. The number of rotatable bonds is 9. The maximum atomic E-state index is 10.5. The quantitative estimate of drug-likeness (QED) is 0.350. The van der Waals surface area contributed by atoms with Crippen LogP contribution in [0.25, 0.3) is 0 Å². The molecule has 94 valence electrons. The molecule has 0 aliphatic rings. The summed E-state index contributed by atoms with van der Waals surface area (Å²) < 4.78 is 0. The van der Waals surface area contributed by atoms with Crippen LogP contribution in [0.1, 0.15) is 55.8 Å². The van der Waals surface area contributed by atoms with E-state index in [1.54, 1.807) is 0 Å². The van der Waals surface area contributed by atoms with Gasteiger partial charge in [-0.2, -0.15) is 0 Å². The van der Waals surface area contributed by atoms with Crippen molar-refractivity contribution >= 4 is 18.0 Å². The fraction of sp³-hybridized carbons (Fsp3) is 0.533. The van der Waals surface area contributed by atoms with Gasteiger partial charge in [-0.05, 0) is 24.3 Å². The summed E-state index contributed by atoms with van der Waals surface area (Å²) in [5, 5.41) is 0. The Morgan fingerprint density at radius 3 is 2.29 bits per heavy atom. The maximum Gasteiger partial charge on any atom is 0.150 e. The Hall–Kier alpha value is -0.760. The Labute approximate surface area is 109 Å². The molecular formula is C15H22OS. The summed E-state index contributed by atoms with van der Waals surface area (Å²) in [5.74, 6) is 1.19. The molecule has 0 aliphatic carbocycles. The highest BCUT2D eigenvalue weighted by Crippen LogP contribution is 2.20. The number of carbonyl (C=O) groups is 1. The van der Waals surface area contributed by atoms with E-state index in [9.17, 15) is 4.79 Å². The van der Waals surface area contributed by atoms with E-state index in [2.05, 4.69) is 6.92 Å². The molecule has 0 fully saturated rings.